The van der Waals surface area contributed by atoms with E-state index in [2.05, 4.69) is 45.6 Å². The molecule has 8 rings (SSSR count). The second-order valence-electron chi connectivity index (χ2n) is 12.7. The van der Waals surface area contributed by atoms with Crippen molar-refractivity contribution in [2.45, 2.75) is 76.2 Å². The highest BCUT2D eigenvalue weighted by Gasteiger charge is 2.34. The second kappa shape index (κ2) is 11.9. The molecular formula is C36H38N4O3S. The number of aromatic nitrogens is 2. The molecule has 4 aliphatic rings. The van der Waals surface area contributed by atoms with Gasteiger partial charge >= 0.3 is 0 Å². The lowest BCUT2D eigenvalue weighted by molar-refractivity contribution is 0.0714. The number of carbonyl (C=O) groups is 1. The van der Waals surface area contributed by atoms with Gasteiger partial charge in [-0.3, -0.25) is 4.79 Å². The molecule has 0 radical (unpaired) electrons. The van der Waals surface area contributed by atoms with Gasteiger partial charge in [0.1, 0.15) is 5.82 Å². The summed E-state index contributed by atoms with van der Waals surface area (Å²) >= 11 is 1.62. The standard InChI is InChI=1S/C36H38N4O3S/c41-36(40-15-5-8-27(40)16-23-6-3-1-2-4-7-23)29-20-35(38-26-11-13-31-34(19-26)44-21-37-31)39-30-12-9-24(17-28(29)30)25-10-14-32-33(18-25)43-22-42-32/h9-14,18-21,23-24,27H,1-8,15-17,22H2,(H,38,39)/t24-,27+/m1/s1. The molecule has 1 N–H and O–H groups in total. The van der Waals surface area contributed by atoms with Crippen LogP contribution >= 0.6 is 11.3 Å². The summed E-state index contributed by atoms with van der Waals surface area (Å²) < 4.78 is 12.3. The number of likely N-dealkylation sites (tertiary alicyclic amines) is 1. The predicted octanol–water partition coefficient (Wildman–Crippen LogP) is 8.48. The number of fused-ring (bicyclic) bond motifs is 3. The van der Waals surface area contributed by atoms with Crippen LogP contribution in [0.1, 0.15) is 90.9 Å². The number of carbonyl (C=O) groups excluding carboxylic acids is 1. The van der Waals surface area contributed by atoms with Gasteiger partial charge in [0.2, 0.25) is 6.79 Å². The molecule has 0 unspecified atom stereocenters. The number of amides is 1. The number of hydrogen-bond donors (Lipinski definition) is 1. The van der Waals surface area contributed by atoms with Gasteiger partial charge in [0.15, 0.2) is 11.5 Å². The molecule has 1 saturated carbocycles. The average molecular weight is 607 g/mol. The third kappa shape index (κ3) is 5.45. The van der Waals surface area contributed by atoms with Crippen LogP contribution in [0.5, 0.6) is 11.5 Å². The lowest BCUT2D eigenvalue weighted by Gasteiger charge is -2.30. The average Bonchev–Trinajstić information content (AvgIpc) is 3.78. The van der Waals surface area contributed by atoms with Gasteiger partial charge in [0.25, 0.3) is 5.91 Å². The first kappa shape index (κ1) is 27.6. The molecule has 4 heterocycles. The van der Waals surface area contributed by atoms with Crippen LogP contribution in [0, 0.1) is 5.92 Å². The zero-order valence-electron chi connectivity index (χ0n) is 25.0. The van der Waals surface area contributed by atoms with Gasteiger partial charge < -0.3 is 19.7 Å². The summed E-state index contributed by atoms with van der Waals surface area (Å²) in [7, 11) is 0. The number of nitrogens with zero attached hydrogens (tertiary/aromatic N) is 3. The Morgan fingerprint density at radius 3 is 2.77 bits per heavy atom. The van der Waals surface area contributed by atoms with Crippen molar-refractivity contribution in [2.24, 2.45) is 5.92 Å². The maximum absolute atomic E-state index is 14.6. The van der Waals surface area contributed by atoms with Crippen LogP contribution in [-0.4, -0.2) is 40.2 Å². The van der Waals surface area contributed by atoms with Crippen molar-refractivity contribution in [3.63, 3.8) is 0 Å². The molecule has 1 saturated heterocycles. The van der Waals surface area contributed by atoms with E-state index in [1.807, 2.05) is 29.8 Å². The van der Waals surface area contributed by atoms with E-state index in [1.165, 1.54) is 38.5 Å². The molecule has 2 aromatic carbocycles. The topological polar surface area (TPSA) is 76.6 Å². The molecule has 7 nitrogen and oxygen atoms in total. The van der Waals surface area contributed by atoms with Gasteiger partial charge in [0, 0.05) is 29.8 Å². The highest BCUT2D eigenvalue weighted by atomic mass is 32.1. The zero-order chi connectivity index (χ0) is 29.5. The van der Waals surface area contributed by atoms with Gasteiger partial charge in [-0.15, -0.1) is 11.3 Å². The Bertz CT molecular complexity index is 1720. The number of rotatable bonds is 6. The Hall–Kier alpha value is -3.91. The Balaban J connectivity index is 1.12. The highest BCUT2D eigenvalue weighted by Crippen LogP contribution is 2.40. The van der Waals surface area contributed by atoms with E-state index in [1.54, 1.807) is 11.3 Å². The molecule has 4 aromatic rings. The van der Waals surface area contributed by atoms with E-state index in [9.17, 15) is 4.79 Å². The van der Waals surface area contributed by atoms with Crippen molar-refractivity contribution in [1.29, 1.82) is 0 Å². The summed E-state index contributed by atoms with van der Waals surface area (Å²) in [6, 6.07) is 14.6. The van der Waals surface area contributed by atoms with Gasteiger partial charge in [-0.1, -0.05) is 50.7 Å². The fourth-order valence-corrected chi connectivity index (χ4v) is 8.35. The minimum Gasteiger partial charge on any atom is -0.454 e. The van der Waals surface area contributed by atoms with E-state index < -0.39 is 0 Å². The van der Waals surface area contributed by atoms with Crippen molar-refractivity contribution in [3.8, 4) is 11.5 Å². The monoisotopic (exact) mass is 606 g/mol. The van der Waals surface area contributed by atoms with Gasteiger partial charge in [-0.05, 0) is 85.2 Å². The number of anilines is 2. The SMILES string of the molecule is O=C(c1cc(Nc2ccc3ncsc3c2)nc2c1C[C@H](c1ccc3c(c1)OCO3)C=C2)N1CCC[C@H]1CC1CCCCCC1. The minimum atomic E-state index is 0.123. The van der Waals surface area contributed by atoms with Gasteiger partial charge in [-0.25, -0.2) is 9.97 Å². The first-order valence-corrected chi connectivity index (χ1v) is 17.1. The molecule has 2 aliphatic heterocycles. The zero-order valence-corrected chi connectivity index (χ0v) is 25.8. The molecule has 2 aromatic heterocycles. The van der Waals surface area contributed by atoms with Gasteiger partial charge in [0.05, 0.1) is 21.4 Å². The van der Waals surface area contributed by atoms with Crippen LogP contribution in [-0.2, 0) is 6.42 Å². The van der Waals surface area contributed by atoms with Crippen LogP contribution in [0.4, 0.5) is 11.5 Å². The lowest BCUT2D eigenvalue weighted by Crippen LogP contribution is -2.37. The molecule has 2 aliphatic carbocycles. The fourth-order valence-electron chi connectivity index (χ4n) is 7.63. The van der Waals surface area contributed by atoms with Crippen LogP contribution in [0.2, 0.25) is 0 Å². The Morgan fingerprint density at radius 1 is 0.977 bits per heavy atom. The third-order valence-electron chi connectivity index (χ3n) is 9.94. The van der Waals surface area contributed by atoms with Crippen LogP contribution in [0.25, 0.3) is 16.3 Å². The molecule has 2 fully saturated rings. The molecule has 1 amide bonds. The first-order chi connectivity index (χ1) is 21.7. The van der Waals surface area contributed by atoms with Crippen LogP contribution in [0.15, 0.2) is 54.1 Å². The molecule has 226 valence electrons. The van der Waals surface area contributed by atoms with Gasteiger partial charge in [-0.2, -0.15) is 0 Å². The van der Waals surface area contributed by atoms with Crippen molar-refractivity contribution in [2.75, 3.05) is 18.7 Å². The maximum Gasteiger partial charge on any atom is 0.254 e. The number of ether oxygens (including phenoxy) is 2. The van der Waals surface area contributed by atoms with E-state index >= 15 is 0 Å². The summed E-state index contributed by atoms with van der Waals surface area (Å²) in [4.78, 5) is 26.2. The fraction of sp³-hybridized carbons (Fsp3) is 0.417. The molecular weight excluding hydrogens is 568 g/mol. The van der Waals surface area contributed by atoms with E-state index in [0.717, 1.165) is 81.5 Å². The Morgan fingerprint density at radius 2 is 1.86 bits per heavy atom. The van der Waals surface area contributed by atoms with E-state index in [-0.39, 0.29) is 18.6 Å². The third-order valence-corrected chi connectivity index (χ3v) is 10.7. The highest BCUT2D eigenvalue weighted by molar-refractivity contribution is 7.16. The summed E-state index contributed by atoms with van der Waals surface area (Å²) in [6.07, 6.45) is 16.3. The molecule has 8 heteroatoms. The summed E-state index contributed by atoms with van der Waals surface area (Å²) in [5.41, 5.74) is 7.63. The summed E-state index contributed by atoms with van der Waals surface area (Å²) in [5.74, 6) is 3.28. The Kier molecular flexibility index (Phi) is 7.46. The largest absolute Gasteiger partial charge is 0.454 e. The molecule has 0 spiro atoms. The first-order valence-electron chi connectivity index (χ1n) is 16.2. The number of thiazole rings is 1. The number of allylic oxidation sites excluding steroid dienone is 1. The van der Waals surface area contributed by atoms with Crippen LogP contribution in [0.3, 0.4) is 0 Å². The summed E-state index contributed by atoms with van der Waals surface area (Å²) in [6.45, 7) is 1.09. The number of benzene rings is 2. The minimum absolute atomic E-state index is 0.123. The van der Waals surface area contributed by atoms with Crippen molar-refractivity contribution in [3.05, 3.63) is 76.4 Å². The Labute approximate surface area is 262 Å². The normalized spacial score (nSPS) is 21.4. The number of nitrogens with one attached hydrogen (secondary N) is 1. The number of pyridine rings is 1. The molecule has 2 atom stereocenters. The summed E-state index contributed by atoms with van der Waals surface area (Å²) in [5, 5.41) is 3.51. The number of hydrogen-bond acceptors (Lipinski definition) is 7. The van der Waals surface area contributed by atoms with E-state index in [4.69, 9.17) is 14.5 Å². The van der Waals surface area contributed by atoms with Crippen LogP contribution < -0.4 is 14.8 Å². The van der Waals surface area contributed by atoms with Crippen molar-refractivity contribution in [1.82, 2.24) is 14.9 Å². The maximum atomic E-state index is 14.6. The quantitative estimate of drug-likeness (QED) is 0.222. The van der Waals surface area contributed by atoms with Crippen molar-refractivity contribution >= 4 is 45.0 Å². The van der Waals surface area contributed by atoms with E-state index in [0.29, 0.717) is 18.3 Å². The smallest absolute Gasteiger partial charge is 0.254 e. The second-order valence-corrected chi connectivity index (χ2v) is 13.6. The molecule has 44 heavy (non-hydrogen) atoms. The lowest BCUT2D eigenvalue weighted by atomic mass is 9.84. The van der Waals surface area contributed by atoms with Crippen molar-refractivity contribution < 1.29 is 14.3 Å². The predicted molar refractivity (Wildman–Crippen MR) is 175 cm³/mol. The molecule has 0 bridgehead atoms.